The Balaban J connectivity index is 2.71. The van der Waals surface area contributed by atoms with Crippen LogP contribution in [0.15, 0.2) is 18.3 Å². The van der Waals surface area contributed by atoms with E-state index in [1.54, 1.807) is 0 Å². The molecule has 0 unspecified atom stereocenters. The maximum Gasteiger partial charge on any atom is 0.249 e. The van der Waals surface area contributed by atoms with Crippen molar-refractivity contribution in [3.05, 3.63) is 29.8 Å². The van der Waals surface area contributed by atoms with E-state index in [2.05, 4.69) is 4.98 Å². The van der Waals surface area contributed by atoms with E-state index in [0.29, 0.717) is 5.56 Å². The normalized spacial score (nSPS) is 11.7. The van der Waals surface area contributed by atoms with Crippen molar-refractivity contribution in [1.29, 1.82) is 0 Å². The summed E-state index contributed by atoms with van der Waals surface area (Å²) in [6.07, 6.45) is 0.715. The summed E-state index contributed by atoms with van der Waals surface area (Å²) in [4.78, 5) is 3.26. The average Bonchev–Trinajstić information content (AvgIpc) is 1.91. The second-order valence-electron chi connectivity index (χ2n) is 2.74. The molecule has 1 nitrogen and oxygen atoms in total. The summed E-state index contributed by atoms with van der Waals surface area (Å²) in [7, 11) is 0. The van der Waals surface area contributed by atoms with Gasteiger partial charge in [-0.1, -0.05) is 6.07 Å². The second kappa shape index (κ2) is 3.13. The summed E-state index contributed by atoms with van der Waals surface area (Å²) < 4.78 is 37.0. The molecule has 1 rings (SSSR count). The predicted octanol–water partition coefficient (Wildman–Crippen LogP) is 2.42. The fraction of sp³-hybridized carbons (Fsp3) is 0.375. The van der Waals surface area contributed by atoms with E-state index in [9.17, 15) is 13.2 Å². The van der Waals surface area contributed by atoms with Crippen LogP contribution >= 0.6 is 0 Å². The van der Waals surface area contributed by atoms with E-state index >= 15 is 0 Å². The van der Waals surface area contributed by atoms with Gasteiger partial charge in [0.2, 0.25) is 11.9 Å². The second-order valence-corrected chi connectivity index (χ2v) is 2.74. The molecule has 12 heavy (non-hydrogen) atoms. The number of pyridine rings is 1. The molecule has 0 aliphatic carbocycles. The van der Waals surface area contributed by atoms with Crippen molar-refractivity contribution in [3.63, 3.8) is 0 Å². The summed E-state index contributed by atoms with van der Waals surface area (Å²) >= 11 is 0. The average molecular weight is 175 g/mol. The molecule has 0 aliphatic heterocycles. The van der Waals surface area contributed by atoms with Gasteiger partial charge in [-0.2, -0.15) is 4.39 Å². The quantitative estimate of drug-likeness (QED) is 0.629. The maximum atomic E-state index is 12.4. The number of alkyl halides is 2. The van der Waals surface area contributed by atoms with Gasteiger partial charge >= 0.3 is 0 Å². The first-order chi connectivity index (χ1) is 5.47. The van der Waals surface area contributed by atoms with E-state index in [-0.39, 0.29) is 0 Å². The fourth-order valence-electron chi connectivity index (χ4n) is 0.869. The van der Waals surface area contributed by atoms with E-state index in [4.69, 9.17) is 0 Å². The summed E-state index contributed by atoms with van der Waals surface area (Å²) in [5.41, 5.74) is 0.337. The summed E-state index contributed by atoms with van der Waals surface area (Å²) in [5, 5.41) is 0. The number of halogens is 3. The molecule has 0 atom stereocenters. The smallest absolute Gasteiger partial charge is 0.228 e. The molecule has 0 N–H and O–H groups in total. The Bertz CT molecular complexity index is 250. The molecule has 0 amide bonds. The molecule has 0 aromatic carbocycles. The highest BCUT2D eigenvalue weighted by Gasteiger charge is 2.21. The molecule has 0 spiro atoms. The molecule has 1 aromatic heterocycles. The van der Waals surface area contributed by atoms with Crippen LogP contribution < -0.4 is 0 Å². The molecule has 4 heteroatoms. The van der Waals surface area contributed by atoms with Gasteiger partial charge in [0.05, 0.1) is 0 Å². The summed E-state index contributed by atoms with van der Waals surface area (Å²) in [6, 6.07) is 2.38. The predicted molar refractivity (Wildman–Crippen MR) is 38.5 cm³/mol. The van der Waals surface area contributed by atoms with Crippen molar-refractivity contribution in [2.45, 2.75) is 19.3 Å². The van der Waals surface area contributed by atoms with E-state index in [1.807, 2.05) is 0 Å². The first kappa shape index (κ1) is 9.03. The minimum Gasteiger partial charge on any atom is -0.228 e. The van der Waals surface area contributed by atoms with Gasteiger partial charge in [0, 0.05) is 12.6 Å². The Kier molecular flexibility index (Phi) is 2.35. The van der Waals surface area contributed by atoms with Gasteiger partial charge in [-0.15, -0.1) is 0 Å². The third-order valence-corrected chi connectivity index (χ3v) is 1.30. The number of rotatable bonds is 2. The molecular weight excluding hydrogens is 167 g/mol. The van der Waals surface area contributed by atoms with Crippen LogP contribution in [0.3, 0.4) is 0 Å². The van der Waals surface area contributed by atoms with Gasteiger partial charge in [0.15, 0.2) is 0 Å². The number of aromatic nitrogens is 1. The fourth-order valence-corrected chi connectivity index (χ4v) is 0.869. The van der Waals surface area contributed by atoms with Gasteiger partial charge < -0.3 is 0 Å². The van der Waals surface area contributed by atoms with E-state index in [0.717, 1.165) is 19.2 Å². The highest BCUT2D eigenvalue weighted by Crippen LogP contribution is 2.17. The molecule has 66 valence electrons. The minimum absolute atomic E-state index is 0.337. The zero-order valence-electron chi connectivity index (χ0n) is 6.52. The summed E-state index contributed by atoms with van der Waals surface area (Å²) in [5.74, 6) is -3.42. The molecule has 1 heterocycles. The zero-order chi connectivity index (χ0) is 9.19. The molecule has 0 fully saturated rings. The first-order valence-electron chi connectivity index (χ1n) is 3.46. The highest BCUT2D eigenvalue weighted by molar-refractivity contribution is 5.10. The SMILES string of the molecule is CC(F)(F)Cc1ccc(F)nc1. The molecule has 0 bridgehead atoms. The van der Waals surface area contributed by atoms with Crippen LogP contribution in [0.4, 0.5) is 13.2 Å². The van der Waals surface area contributed by atoms with Gasteiger partial charge in [0.25, 0.3) is 0 Å². The monoisotopic (exact) mass is 175 g/mol. The number of hydrogen-bond acceptors (Lipinski definition) is 1. The van der Waals surface area contributed by atoms with Crippen LogP contribution in [0.1, 0.15) is 12.5 Å². The van der Waals surface area contributed by atoms with Crippen molar-refractivity contribution in [3.8, 4) is 0 Å². The lowest BCUT2D eigenvalue weighted by Gasteiger charge is -2.08. The standard InChI is InChI=1S/C8H8F3N/c1-8(10,11)4-6-2-3-7(9)12-5-6/h2-3,5H,4H2,1H3. The van der Waals surface area contributed by atoms with Gasteiger partial charge in [-0.05, 0) is 18.6 Å². The largest absolute Gasteiger partial charge is 0.249 e. The van der Waals surface area contributed by atoms with Crippen molar-refractivity contribution in [1.82, 2.24) is 4.98 Å². The van der Waals surface area contributed by atoms with Crippen LogP contribution in [0.2, 0.25) is 0 Å². The Hall–Kier alpha value is -1.06. The third kappa shape index (κ3) is 2.90. The first-order valence-corrected chi connectivity index (χ1v) is 3.46. The maximum absolute atomic E-state index is 12.4. The van der Waals surface area contributed by atoms with E-state index in [1.165, 1.54) is 6.07 Å². The molecule has 0 aliphatic rings. The van der Waals surface area contributed by atoms with Crippen molar-refractivity contribution < 1.29 is 13.2 Å². The van der Waals surface area contributed by atoms with E-state index < -0.39 is 18.3 Å². The van der Waals surface area contributed by atoms with Crippen LogP contribution in [0.5, 0.6) is 0 Å². The third-order valence-electron chi connectivity index (χ3n) is 1.30. The van der Waals surface area contributed by atoms with Crippen LogP contribution in [0, 0.1) is 5.95 Å². The Morgan fingerprint density at radius 3 is 2.50 bits per heavy atom. The Labute approximate surface area is 68.2 Å². The van der Waals surface area contributed by atoms with Gasteiger partial charge in [0.1, 0.15) is 0 Å². The zero-order valence-corrected chi connectivity index (χ0v) is 6.52. The summed E-state index contributed by atoms with van der Waals surface area (Å²) in [6.45, 7) is 0.816. The van der Waals surface area contributed by atoms with Gasteiger partial charge in [-0.3, -0.25) is 0 Å². The highest BCUT2D eigenvalue weighted by atomic mass is 19.3. The lowest BCUT2D eigenvalue weighted by atomic mass is 10.1. The lowest BCUT2D eigenvalue weighted by Crippen LogP contribution is -2.13. The van der Waals surface area contributed by atoms with Gasteiger partial charge in [-0.25, -0.2) is 13.8 Å². The molecule has 0 saturated carbocycles. The topological polar surface area (TPSA) is 12.9 Å². The lowest BCUT2D eigenvalue weighted by molar-refractivity contribution is 0.0225. The Morgan fingerprint density at radius 2 is 2.08 bits per heavy atom. The van der Waals surface area contributed by atoms with Crippen molar-refractivity contribution in [2.24, 2.45) is 0 Å². The molecule has 0 radical (unpaired) electrons. The molecule has 1 aromatic rings. The number of hydrogen-bond donors (Lipinski definition) is 0. The van der Waals surface area contributed by atoms with Crippen molar-refractivity contribution >= 4 is 0 Å². The van der Waals surface area contributed by atoms with Crippen LogP contribution in [-0.2, 0) is 6.42 Å². The molecule has 0 saturated heterocycles. The minimum atomic E-state index is -2.76. The van der Waals surface area contributed by atoms with Crippen LogP contribution in [0.25, 0.3) is 0 Å². The van der Waals surface area contributed by atoms with Crippen molar-refractivity contribution in [2.75, 3.05) is 0 Å². The number of nitrogens with zero attached hydrogens (tertiary/aromatic N) is 1. The molecular formula is C8H8F3N. The van der Waals surface area contributed by atoms with Crippen LogP contribution in [-0.4, -0.2) is 10.9 Å². The Morgan fingerprint density at radius 1 is 1.42 bits per heavy atom.